The Morgan fingerprint density at radius 1 is 1.23 bits per heavy atom. The lowest BCUT2D eigenvalue weighted by atomic mass is 10.2. The number of benzene rings is 1. The van der Waals surface area contributed by atoms with Crippen molar-refractivity contribution in [1.82, 2.24) is 19.9 Å². The van der Waals surface area contributed by atoms with Gasteiger partial charge in [0, 0.05) is 18.0 Å². The molecule has 2 aromatic heterocycles. The number of rotatable bonds is 5. The fourth-order valence-corrected chi connectivity index (χ4v) is 2.25. The predicted molar refractivity (Wildman–Crippen MR) is 96.5 cm³/mol. The third-order valence-corrected chi connectivity index (χ3v) is 3.54. The van der Waals surface area contributed by atoms with Crippen molar-refractivity contribution < 1.29 is 9.84 Å². The van der Waals surface area contributed by atoms with Crippen LogP contribution in [0, 0.1) is 6.92 Å². The molecular formula is C18H17N5O3. The van der Waals surface area contributed by atoms with Gasteiger partial charge in [-0.2, -0.15) is 9.78 Å². The molecule has 0 bridgehead atoms. The Labute approximate surface area is 149 Å². The lowest BCUT2D eigenvalue weighted by Gasteiger charge is -2.08. The Morgan fingerprint density at radius 3 is 2.73 bits per heavy atom. The summed E-state index contributed by atoms with van der Waals surface area (Å²) in [4.78, 5) is 16.4. The molecule has 0 aliphatic heterocycles. The van der Waals surface area contributed by atoms with Crippen LogP contribution in [0.3, 0.4) is 0 Å². The Bertz CT molecular complexity index is 999. The third kappa shape index (κ3) is 3.59. The Morgan fingerprint density at radius 2 is 2.00 bits per heavy atom. The number of pyridine rings is 1. The summed E-state index contributed by atoms with van der Waals surface area (Å²) in [6.07, 6.45) is 4.70. The molecule has 0 radical (unpaired) electrons. The van der Waals surface area contributed by atoms with Crippen LogP contribution in [0.25, 0.3) is 11.4 Å². The van der Waals surface area contributed by atoms with Gasteiger partial charge in [-0.15, -0.1) is 10.2 Å². The van der Waals surface area contributed by atoms with Gasteiger partial charge in [-0.3, -0.25) is 9.78 Å². The first-order chi connectivity index (χ1) is 12.6. The van der Waals surface area contributed by atoms with Crippen molar-refractivity contribution in [1.29, 1.82) is 0 Å². The van der Waals surface area contributed by atoms with E-state index in [9.17, 15) is 9.90 Å². The van der Waals surface area contributed by atoms with Gasteiger partial charge in [-0.05, 0) is 49.7 Å². The van der Waals surface area contributed by atoms with Crippen molar-refractivity contribution in [3.05, 3.63) is 64.3 Å². The van der Waals surface area contributed by atoms with Crippen LogP contribution >= 0.6 is 0 Å². The summed E-state index contributed by atoms with van der Waals surface area (Å²) in [6, 6.07) is 8.26. The molecule has 0 saturated heterocycles. The van der Waals surface area contributed by atoms with Crippen LogP contribution in [0.15, 0.2) is 52.6 Å². The Hall–Kier alpha value is -3.55. The van der Waals surface area contributed by atoms with Crippen molar-refractivity contribution >= 4 is 6.21 Å². The fraction of sp³-hybridized carbons (Fsp3) is 0.167. The minimum absolute atomic E-state index is 0.0417. The summed E-state index contributed by atoms with van der Waals surface area (Å²) in [5.41, 5.74) is 1.20. The maximum absolute atomic E-state index is 12.5. The van der Waals surface area contributed by atoms with Gasteiger partial charge in [-0.1, -0.05) is 0 Å². The lowest BCUT2D eigenvalue weighted by Crippen LogP contribution is -2.24. The number of phenolic OH excluding ortho intramolecular Hbond substituents is 1. The molecular weight excluding hydrogens is 334 g/mol. The minimum atomic E-state index is -0.369. The van der Waals surface area contributed by atoms with Crippen molar-refractivity contribution in [2.45, 2.75) is 13.8 Å². The SMILES string of the molecule is CCOc1cc(C=Nn2c(-c3ccncc3)nnc(C)c2=O)ccc1O. The average molecular weight is 351 g/mol. The second-order valence-corrected chi connectivity index (χ2v) is 5.37. The number of hydrogen-bond acceptors (Lipinski definition) is 7. The van der Waals surface area contributed by atoms with Gasteiger partial charge < -0.3 is 9.84 Å². The van der Waals surface area contributed by atoms with E-state index in [0.29, 0.717) is 29.3 Å². The molecule has 132 valence electrons. The highest BCUT2D eigenvalue weighted by Gasteiger charge is 2.11. The molecule has 0 saturated carbocycles. The zero-order valence-corrected chi connectivity index (χ0v) is 14.3. The normalized spacial score (nSPS) is 11.0. The molecule has 1 N–H and O–H groups in total. The molecule has 1 aromatic carbocycles. The molecule has 0 fully saturated rings. The first kappa shape index (κ1) is 17.3. The molecule has 0 aliphatic rings. The maximum Gasteiger partial charge on any atom is 0.296 e. The second kappa shape index (κ2) is 7.56. The van der Waals surface area contributed by atoms with E-state index >= 15 is 0 Å². The van der Waals surface area contributed by atoms with Crippen LogP contribution in [-0.2, 0) is 0 Å². The topological polar surface area (TPSA) is 102 Å². The average Bonchev–Trinajstić information content (AvgIpc) is 2.66. The van der Waals surface area contributed by atoms with Gasteiger partial charge in [0.1, 0.15) is 5.69 Å². The van der Waals surface area contributed by atoms with Crippen LogP contribution in [-0.4, -0.2) is 37.8 Å². The molecule has 0 aliphatic carbocycles. The van der Waals surface area contributed by atoms with Crippen LogP contribution < -0.4 is 10.3 Å². The van der Waals surface area contributed by atoms with Gasteiger partial charge >= 0.3 is 0 Å². The molecule has 2 heterocycles. The highest BCUT2D eigenvalue weighted by molar-refractivity contribution is 5.81. The van der Waals surface area contributed by atoms with E-state index < -0.39 is 0 Å². The Kier molecular flexibility index (Phi) is 5.02. The molecule has 0 spiro atoms. The highest BCUT2D eigenvalue weighted by Crippen LogP contribution is 2.26. The summed E-state index contributed by atoms with van der Waals surface area (Å²) < 4.78 is 6.54. The monoisotopic (exact) mass is 351 g/mol. The number of phenols is 1. The largest absolute Gasteiger partial charge is 0.504 e. The number of aryl methyl sites for hydroxylation is 1. The van der Waals surface area contributed by atoms with E-state index in [0.717, 1.165) is 0 Å². The van der Waals surface area contributed by atoms with E-state index in [2.05, 4.69) is 20.3 Å². The molecule has 0 unspecified atom stereocenters. The molecule has 8 heteroatoms. The standard InChI is InChI=1S/C18H17N5O3/c1-3-26-16-10-13(4-5-15(16)24)11-20-23-17(14-6-8-19-9-7-14)22-21-12(2)18(23)25/h4-11,24H,3H2,1-2H3. The molecule has 26 heavy (non-hydrogen) atoms. The van der Waals surface area contributed by atoms with E-state index in [1.807, 2.05) is 6.92 Å². The van der Waals surface area contributed by atoms with E-state index in [1.54, 1.807) is 43.6 Å². The fourth-order valence-electron chi connectivity index (χ4n) is 2.25. The number of hydrogen-bond donors (Lipinski definition) is 1. The molecule has 0 amide bonds. The quantitative estimate of drug-likeness (QED) is 0.705. The molecule has 0 atom stereocenters. The minimum Gasteiger partial charge on any atom is -0.504 e. The van der Waals surface area contributed by atoms with Crippen LogP contribution in [0.1, 0.15) is 18.2 Å². The first-order valence-corrected chi connectivity index (χ1v) is 7.97. The van der Waals surface area contributed by atoms with Crippen molar-refractivity contribution in [2.24, 2.45) is 5.10 Å². The molecule has 3 aromatic rings. The van der Waals surface area contributed by atoms with E-state index in [4.69, 9.17) is 4.74 Å². The van der Waals surface area contributed by atoms with Gasteiger partial charge in [0.25, 0.3) is 5.56 Å². The third-order valence-electron chi connectivity index (χ3n) is 3.54. The highest BCUT2D eigenvalue weighted by atomic mass is 16.5. The zero-order chi connectivity index (χ0) is 18.5. The summed E-state index contributed by atoms with van der Waals surface area (Å²) in [7, 11) is 0. The van der Waals surface area contributed by atoms with Crippen LogP contribution in [0.4, 0.5) is 0 Å². The molecule has 3 rings (SSSR count). The summed E-state index contributed by atoms with van der Waals surface area (Å²) in [5, 5.41) is 22.0. The number of aromatic hydroxyl groups is 1. The summed E-state index contributed by atoms with van der Waals surface area (Å²) in [5.74, 6) is 0.699. The number of aromatic nitrogens is 4. The predicted octanol–water partition coefficient (Wildman–Crippen LogP) is 2.00. The van der Waals surface area contributed by atoms with Gasteiger partial charge in [0.2, 0.25) is 0 Å². The number of nitrogens with zero attached hydrogens (tertiary/aromatic N) is 5. The first-order valence-electron chi connectivity index (χ1n) is 7.97. The molecule has 8 nitrogen and oxygen atoms in total. The van der Waals surface area contributed by atoms with Gasteiger partial charge in [-0.25, -0.2) is 0 Å². The summed E-state index contributed by atoms with van der Waals surface area (Å²) in [6.45, 7) is 3.82. The van der Waals surface area contributed by atoms with Gasteiger partial charge in [0.05, 0.1) is 12.8 Å². The smallest absolute Gasteiger partial charge is 0.296 e. The second-order valence-electron chi connectivity index (χ2n) is 5.37. The van der Waals surface area contributed by atoms with Crippen molar-refractivity contribution in [3.8, 4) is 22.9 Å². The number of ether oxygens (including phenoxy) is 1. The zero-order valence-electron chi connectivity index (χ0n) is 14.3. The van der Waals surface area contributed by atoms with E-state index in [1.165, 1.54) is 17.0 Å². The Balaban J connectivity index is 2.05. The van der Waals surface area contributed by atoms with Crippen LogP contribution in [0.5, 0.6) is 11.5 Å². The van der Waals surface area contributed by atoms with E-state index in [-0.39, 0.29) is 17.0 Å². The lowest BCUT2D eigenvalue weighted by molar-refractivity contribution is 0.318. The maximum atomic E-state index is 12.5. The van der Waals surface area contributed by atoms with Crippen molar-refractivity contribution in [3.63, 3.8) is 0 Å². The van der Waals surface area contributed by atoms with Gasteiger partial charge in [0.15, 0.2) is 17.3 Å². The van der Waals surface area contributed by atoms with Crippen molar-refractivity contribution in [2.75, 3.05) is 6.61 Å². The van der Waals surface area contributed by atoms with Crippen LogP contribution in [0.2, 0.25) is 0 Å². The summed E-state index contributed by atoms with van der Waals surface area (Å²) >= 11 is 0.